The molecule has 0 unspecified atom stereocenters. The number of Topliss-reactive ketones (excluding diaryl/α,β-unsaturated/α-hetero) is 1. The van der Waals surface area contributed by atoms with E-state index in [9.17, 15) is 13.2 Å². The number of ketones is 1. The number of nitrogens with one attached hydrogen (secondary N) is 1. The first-order chi connectivity index (χ1) is 7.52. The van der Waals surface area contributed by atoms with Crippen LogP contribution in [0.4, 0.5) is 0 Å². The molecule has 0 aromatic rings. The summed E-state index contributed by atoms with van der Waals surface area (Å²) >= 11 is 0. The number of rotatable bonds is 10. The Balaban J connectivity index is 3.51. The molecule has 16 heavy (non-hydrogen) atoms. The van der Waals surface area contributed by atoms with Crippen LogP contribution in [0.1, 0.15) is 19.8 Å². The topological polar surface area (TPSA) is 72.5 Å². The van der Waals surface area contributed by atoms with E-state index >= 15 is 0 Å². The van der Waals surface area contributed by atoms with Gasteiger partial charge in [-0.15, -0.1) is 0 Å². The molecule has 6 heteroatoms. The van der Waals surface area contributed by atoms with Crippen molar-refractivity contribution < 1.29 is 17.9 Å². The maximum Gasteiger partial charge on any atom is 0.150 e. The maximum absolute atomic E-state index is 11.3. The standard InChI is InChI=1S/C10H21NO4S/c1-3-16(13,14)8-4-5-10(12)9-11-6-7-15-2/h11H,3-9H2,1-2H3. The van der Waals surface area contributed by atoms with Crippen molar-refractivity contribution in [2.24, 2.45) is 0 Å². The van der Waals surface area contributed by atoms with E-state index in [-0.39, 0.29) is 23.8 Å². The summed E-state index contributed by atoms with van der Waals surface area (Å²) in [4.78, 5) is 11.3. The fraction of sp³-hybridized carbons (Fsp3) is 0.900. The number of hydrogen-bond donors (Lipinski definition) is 1. The minimum absolute atomic E-state index is 0.0439. The van der Waals surface area contributed by atoms with Crippen LogP contribution in [0.2, 0.25) is 0 Å². The van der Waals surface area contributed by atoms with Crippen molar-refractivity contribution in [2.45, 2.75) is 19.8 Å². The van der Waals surface area contributed by atoms with E-state index < -0.39 is 9.84 Å². The van der Waals surface area contributed by atoms with E-state index in [2.05, 4.69) is 5.32 Å². The van der Waals surface area contributed by atoms with Gasteiger partial charge in [-0.25, -0.2) is 8.42 Å². The number of carbonyl (C=O) groups excluding carboxylic acids is 1. The molecule has 0 aromatic carbocycles. The van der Waals surface area contributed by atoms with E-state index in [0.29, 0.717) is 26.0 Å². The molecule has 0 aliphatic rings. The van der Waals surface area contributed by atoms with Crippen molar-refractivity contribution in [3.8, 4) is 0 Å². The molecule has 0 heterocycles. The third-order valence-electron chi connectivity index (χ3n) is 2.16. The summed E-state index contributed by atoms with van der Waals surface area (Å²) in [6, 6.07) is 0. The van der Waals surface area contributed by atoms with Crippen LogP contribution in [0.3, 0.4) is 0 Å². The van der Waals surface area contributed by atoms with Crippen LogP contribution < -0.4 is 5.32 Å². The second-order valence-electron chi connectivity index (χ2n) is 3.55. The second-order valence-corrected chi connectivity index (χ2v) is 6.02. The summed E-state index contributed by atoms with van der Waals surface area (Å²) in [5.41, 5.74) is 0. The van der Waals surface area contributed by atoms with E-state index in [1.54, 1.807) is 14.0 Å². The lowest BCUT2D eigenvalue weighted by molar-refractivity contribution is -0.118. The van der Waals surface area contributed by atoms with Crippen LogP contribution in [-0.4, -0.2) is 52.5 Å². The molecule has 0 bridgehead atoms. The van der Waals surface area contributed by atoms with Gasteiger partial charge in [-0.1, -0.05) is 6.92 Å². The number of methoxy groups -OCH3 is 1. The molecule has 96 valence electrons. The van der Waals surface area contributed by atoms with Gasteiger partial charge >= 0.3 is 0 Å². The summed E-state index contributed by atoms with van der Waals surface area (Å²) in [5, 5.41) is 2.92. The number of hydrogen-bond acceptors (Lipinski definition) is 5. The Morgan fingerprint density at radius 2 is 2.06 bits per heavy atom. The molecular weight excluding hydrogens is 230 g/mol. The van der Waals surface area contributed by atoms with Gasteiger partial charge < -0.3 is 10.1 Å². The average Bonchev–Trinajstić information content (AvgIpc) is 2.24. The van der Waals surface area contributed by atoms with Crippen molar-refractivity contribution in [1.82, 2.24) is 5.32 Å². The number of sulfone groups is 1. The van der Waals surface area contributed by atoms with Crippen LogP contribution in [0, 0.1) is 0 Å². The van der Waals surface area contributed by atoms with Crippen LogP contribution in [0.5, 0.6) is 0 Å². The van der Waals surface area contributed by atoms with Crippen LogP contribution in [-0.2, 0) is 19.4 Å². The molecule has 0 rings (SSSR count). The van der Waals surface area contributed by atoms with Crippen molar-refractivity contribution in [2.75, 3.05) is 38.3 Å². The quantitative estimate of drug-likeness (QED) is 0.554. The molecule has 0 saturated carbocycles. The fourth-order valence-corrected chi connectivity index (χ4v) is 2.00. The highest BCUT2D eigenvalue weighted by molar-refractivity contribution is 7.91. The lowest BCUT2D eigenvalue weighted by Crippen LogP contribution is -2.26. The molecular formula is C10H21NO4S. The summed E-state index contributed by atoms with van der Waals surface area (Å²) < 4.78 is 27.1. The molecule has 0 saturated heterocycles. The van der Waals surface area contributed by atoms with Gasteiger partial charge in [-0.05, 0) is 6.42 Å². The lowest BCUT2D eigenvalue weighted by Gasteiger charge is -2.03. The van der Waals surface area contributed by atoms with Gasteiger partial charge in [0.25, 0.3) is 0 Å². The zero-order valence-electron chi connectivity index (χ0n) is 9.99. The summed E-state index contributed by atoms with van der Waals surface area (Å²) in [7, 11) is -1.34. The van der Waals surface area contributed by atoms with Gasteiger partial charge in [0, 0.05) is 25.8 Å². The van der Waals surface area contributed by atoms with Gasteiger partial charge in [0.2, 0.25) is 0 Å². The van der Waals surface area contributed by atoms with Crippen molar-refractivity contribution in [1.29, 1.82) is 0 Å². The number of carbonyl (C=O) groups is 1. The highest BCUT2D eigenvalue weighted by Crippen LogP contribution is 1.97. The Morgan fingerprint density at radius 1 is 1.38 bits per heavy atom. The molecule has 0 fully saturated rings. The first-order valence-corrected chi connectivity index (χ1v) is 7.25. The SMILES string of the molecule is CCS(=O)(=O)CCCC(=O)CNCCOC. The predicted molar refractivity (Wildman–Crippen MR) is 63.3 cm³/mol. The van der Waals surface area contributed by atoms with Gasteiger partial charge in [0.15, 0.2) is 0 Å². The van der Waals surface area contributed by atoms with Gasteiger partial charge in [-0.2, -0.15) is 0 Å². The highest BCUT2D eigenvalue weighted by Gasteiger charge is 2.08. The average molecular weight is 251 g/mol. The molecule has 1 N–H and O–H groups in total. The molecule has 0 aliphatic heterocycles. The zero-order valence-corrected chi connectivity index (χ0v) is 10.8. The largest absolute Gasteiger partial charge is 0.383 e. The molecule has 5 nitrogen and oxygen atoms in total. The van der Waals surface area contributed by atoms with Crippen molar-refractivity contribution in [3.63, 3.8) is 0 Å². The molecule has 0 aliphatic carbocycles. The van der Waals surface area contributed by atoms with E-state index in [1.165, 1.54) is 0 Å². The first kappa shape index (κ1) is 15.5. The first-order valence-electron chi connectivity index (χ1n) is 5.43. The Morgan fingerprint density at radius 3 is 2.62 bits per heavy atom. The molecule has 0 atom stereocenters. The maximum atomic E-state index is 11.3. The zero-order chi connectivity index (χ0) is 12.4. The lowest BCUT2D eigenvalue weighted by atomic mass is 10.2. The van der Waals surface area contributed by atoms with E-state index in [1.807, 2.05) is 0 Å². The normalized spacial score (nSPS) is 11.6. The van der Waals surface area contributed by atoms with Gasteiger partial charge in [0.05, 0.1) is 18.9 Å². The predicted octanol–water partition coefficient (Wildman–Crippen LogP) is 0.00640. The minimum Gasteiger partial charge on any atom is -0.383 e. The Hall–Kier alpha value is -0.460. The number of ether oxygens (including phenoxy) is 1. The summed E-state index contributed by atoms with van der Waals surface area (Å²) in [6.07, 6.45) is 0.736. The molecule has 0 amide bonds. The van der Waals surface area contributed by atoms with Crippen LogP contribution >= 0.6 is 0 Å². The van der Waals surface area contributed by atoms with E-state index in [0.717, 1.165) is 0 Å². The summed E-state index contributed by atoms with van der Waals surface area (Å²) in [5.74, 6) is 0.294. The van der Waals surface area contributed by atoms with E-state index in [4.69, 9.17) is 4.74 Å². The highest BCUT2D eigenvalue weighted by atomic mass is 32.2. The monoisotopic (exact) mass is 251 g/mol. The Kier molecular flexibility index (Phi) is 8.42. The smallest absolute Gasteiger partial charge is 0.150 e. The summed E-state index contributed by atoms with van der Waals surface area (Å²) in [6.45, 7) is 3.10. The third-order valence-corrected chi connectivity index (χ3v) is 3.95. The Bertz CT molecular complexity index is 287. The fourth-order valence-electron chi connectivity index (χ4n) is 1.12. The van der Waals surface area contributed by atoms with Crippen molar-refractivity contribution >= 4 is 15.6 Å². The molecule has 0 aromatic heterocycles. The third kappa shape index (κ3) is 8.82. The molecule has 0 spiro atoms. The van der Waals surface area contributed by atoms with Gasteiger partial charge in [0.1, 0.15) is 15.6 Å². The minimum atomic E-state index is -2.94. The van der Waals surface area contributed by atoms with Crippen LogP contribution in [0.15, 0.2) is 0 Å². The van der Waals surface area contributed by atoms with Crippen LogP contribution in [0.25, 0.3) is 0 Å². The Labute approximate surface area is 97.5 Å². The second kappa shape index (κ2) is 8.66. The molecule has 0 radical (unpaired) electrons. The van der Waals surface area contributed by atoms with Crippen molar-refractivity contribution in [3.05, 3.63) is 0 Å². The van der Waals surface area contributed by atoms with Gasteiger partial charge in [-0.3, -0.25) is 4.79 Å².